The SMILES string of the molecule is O=C(c1nccs1)[C@@H]1O[C@H](COCc2ccccc2)[C@@H](OCc2ccccc2)[C@H](OCc2ccccc2)[C@@H]1OCc1ccccc1. The fourth-order valence-electron chi connectivity index (χ4n) is 5.47. The topological polar surface area (TPSA) is 76.1 Å². The Morgan fingerprint density at radius 2 is 1.07 bits per heavy atom. The fraction of sp³-hybridized carbons (Fsp3) is 0.263. The van der Waals surface area contributed by atoms with Crippen molar-refractivity contribution in [1.29, 1.82) is 0 Å². The van der Waals surface area contributed by atoms with E-state index in [1.807, 2.05) is 121 Å². The normalized spacial score (nSPS) is 21.2. The standard InChI is InChI=1S/C38H37NO6S/c40-33(38-39-21-22-46-38)35-37(44-26-31-19-11-4-12-20-31)36(43-25-30-17-9-3-10-18-30)34(42-24-29-15-7-2-8-16-29)32(45-35)27-41-23-28-13-5-1-6-14-28/h1-22,32,34-37H,23-27H2/t32-,34-,35+,36+,37-/m1/s1. The molecule has 1 aliphatic heterocycles. The highest BCUT2D eigenvalue weighted by Crippen LogP contribution is 2.33. The first kappa shape index (κ1) is 31.9. The molecule has 4 aromatic carbocycles. The van der Waals surface area contributed by atoms with E-state index < -0.39 is 30.5 Å². The van der Waals surface area contributed by atoms with Gasteiger partial charge in [-0.2, -0.15) is 0 Å². The Hall–Kier alpha value is -4.02. The lowest BCUT2D eigenvalue weighted by Gasteiger charge is -2.45. The van der Waals surface area contributed by atoms with Crippen molar-refractivity contribution in [2.45, 2.75) is 56.9 Å². The predicted molar refractivity (Wildman–Crippen MR) is 176 cm³/mol. The summed E-state index contributed by atoms with van der Waals surface area (Å²) in [6.45, 7) is 1.47. The number of nitrogens with zero attached hydrogens (tertiary/aromatic N) is 1. The number of carbonyl (C=O) groups is 1. The average Bonchev–Trinajstić information content (AvgIpc) is 3.66. The monoisotopic (exact) mass is 635 g/mol. The van der Waals surface area contributed by atoms with Crippen molar-refractivity contribution in [3.63, 3.8) is 0 Å². The van der Waals surface area contributed by atoms with Gasteiger partial charge in [-0.25, -0.2) is 4.98 Å². The molecule has 0 amide bonds. The van der Waals surface area contributed by atoms with E-state index in [1.165, 1.54) is 11.3 Å². The van der Waals surface area contributed by atoms with Crippen LogP contribution in [0.25, 0.3) is 0 Å². The maximum atomic E-state index is 14.0. The van der Waals surface area contributed by atoms with Gasteiger partial charge in [0.1, 0.15) is 24.4 Å². The van der Waals surface area contributed by atoms with E-state index in [2.05, 4.69) is 4.98 Å². The zero-order chi connectivity index (χ0) is 31.4. The van der Waals surface area contributed by atoms with Crippen molar-refractivity contribution in [3.8, 4) is 0 Å². The molecule has 236 valence electrons. The molecule has 0 bridgehead atoms. The van der Waals surface area contributed by atoms with Crippen molar-refractivity contribution in [3.05, 3.63) is 160 Å². The predicted octanol–water partition coefficient (Wildman–Crippen LogP) is 7.07. The first-order chi connectivity index (χ1) is 22.7. The van der Waals surface area contributed by atoms with Gasteiger partial charge in [0.15, 0.2) is 11.1 Å². The summed E-state index contributed by atoms with van der Waals surface area (Å²) in [6.07, 6.45) is -2.06. The van der Waals surface area contributed by atoms with Gasteiger partial charge >= 0.3 is 0 Å². The Morgan fingerprint density at radius 3 is 1.54 bits per heavy atom. The molecule has 0 N–H and O–H groups in total. The van der Waals surface area contributed by atoms with Crippen molar-refractivity contribution < 1.29 is 28.5 Å². The third kappa shape index (κ3) is 8.61. The first-order valence-corrected chi connectivity index (χ1v) is 16.3. The Labute approximate surface area is 273 Å². The van der Waals surface area contributed by atoms with E-state index in [1.54, 1.807) is 11.6 Å². The smallest absolute Gasteiger partial charge is 0.222 e. The van der Waals surface area contributed by atoms with Gasteiger partial charge in [0.2, 0.25) is 5.78 Å². The summed E-state index contributed by atoms with van der Waals surface area (Å²) in [5.41, 5.74) is 4.02. The van der Waals surface area contributed by atoms with Gasteiger partial charge in [-0.1, -0.05) is 121 Å². The van der Waals surface area contributed by atoms with E-state index in [4.69, 9.17) is 23.7 Å². The molecule has 46 heavy (non-hydrogen) atoms. The van der Waals surface area contributed by atoms with Gasteiger partial charge in [-0.3, -0.25) is 4.79 Å². The molecule has 5 aromatic rings. The van der Waals surface area contributed by atoms with Crippen LogP contribution in [0.15, 0.2) is 133 Å². The molecule has 0 aliphatic carbocycles. The fourth-order valence-corrected chi connectivity index (χ4v) is 6.07. The Morgan fingerprint density at radius 1 is 0.609 bits per heavy atom. The number of aromatic nitrogens is 1. The summed E-state index contributed by atoms with van der Waals surface area (Å²) < 4.78 is 32.8. The molecule has 1 aliphatic rings. The number of hydrogen-bond donors (Lipinski definition) is 0. The van der Waals surface area contributed by atoms with Gasteiger partial charge in [0, 0.05) is 11.6 Å². The molecule has 1 aromatic heterocycles. The summed E-state index contributed by atoms with van der Waals surface area (Å²) in [6, 6.07) is 39.7. The quantitative estimate of drug-likeness (QED) is 0.114. The molecular weight excluding hydrogens is 598 g/mol. The number of hydrogen-bond acceptors (Lipinski definition) is 8. The summed E-state index contributed by atoms with van der Waals surface area (Å²) >= 11 is 1.28. The largest absolute Gasteiger partial charge is 0.374 e. The number of Topliss-reactive ketones (excluding diaryl/α,β-unsaturated/α-hetero) is 1. The number of benzene rings is 4. The number of ketones is 1. The minimum Gasteiger partial charge on any atom is -0.374 e. The second-order valence-corrected chi connectivity index (χ2v) is 12.0. The van der Waals surface area contributed by atoms with Gasteiger partial charge in [0.25, 0.3) is 0 Å². The van der Waals surface area contributed by atoms with Gasteiger partial charge in [0.05, 0.1) is 33.0 Å². The average molecular weight is 636 g/mol. The van der Waals surface area contributed by atoms with E-state index in [-0.39, 0.29) is 19.0 Å². The van der Waals surface area contributed by atoms with Crippen molar-refractivity contribution in [1.82, 2.24) is 4.98 Å². The molecule has 6 rings (SSSR count). The van der Waals surface area contributed by atoms with Crippen LogP contribution in [0, 0.1) is 0 Å². The van der Waals surface area contributed by atoms with Crippen LogP contribution in [0.3, 0.4) is 0 Å². The zero-order valence-electron chi connectivity index (χ0n) is 25.4. The van der Waals surface area contributed by atoms with Crippen LogP contribution in [0.5, 0.6) is 0 Å². The molecule has 5 atom stereocenters. The molecule has 7 nitrogen and oxygen atoms in total. The summed E-state index contributed by atoms with van der Waals surface area (Å²) in [5, 5.41) is 2.14. The van der Waals surface area contributed by atoms with Crippen molar-refractivity contribution >= 4 is 17.1 Å². The third-order valence-electron chi connectivity index (χ3n) is 7.78. The van der Waals surface area contributed by atoms with Crippen LogP contribution in [0.1, 0.15) is 32.1 Å². The summed E-state index contributed by atoms with van der Waals surface area (Å²) in [5.74, 6) is -0.254. The first-order valence-electron chi connectivity index (χ1n) is 15.4. The number of ether oxygens (including phenoxy) is 5. The van der Waals surface area contributed by atoms with Crippen LogP contribution in [0.4, 0.5) is 0 Å². The lowest BCUT2D eigenvalue weighted by Crippen LogP contribution is -2.63. The maximum absolute atomic E-state index is 14.0. The van der Waals surface area contributed by atoms with Crippen LogP contribution in [0.2, 0.25) is 0 Å². The van der Waals surface area contributed by atoms with Gasteiger partial charge in [-0.05, 0) is 22.3 Å². The second-order valence-electron chi connectivity index (χ2n) is 11.1. The summed E-state index contributed by atoms with van der Waals surface area (Å²) in [4.78, 5) is 18.3. The van der Waals surface area contributed by atoms with E-state index in [0.29, 0.717) is 24.8 Å². The molecule has 0 radical (unpaired) electrons. The van der Waals surface area contributed by atoms with E-state index in [0.717, 1.165) is 22.3 Å². The van der Waals surface area contributed by atoms with Crippen LogP contribution in [-0.2, 0) is 50.1 Å². The molecule has 0 spiro atoms. The Balaban J connectivity index is 1.33. The minimum atomic E-state index is -0.988. The molecule has 8 heteroatoms. The molecule has 1 fully saturated rings. The second kappa shape index (κ2) is 16.5. The maximum Gasteiger partial charge on any atom is 0.222 e. The van der Waals surface area contributed by atoms with Crippen LogP contribution in [-0.4, -0.2) is 47.9 Å². The molecule has 1 saturated heterocycles. The number of rotatable bonds is 15. The number of carbonyl (C=O) groups excluding carboxylic acids is 1. The third-order valence-corrected chi connectivity index (χ3v) is 8.57. The highest BCUT2D eigenvalue weighted by atomic mass is 32.1. The molecule has 0 saturated carbocycles. The lowest BCUT2D eigenvalue weighted by molar-refractivity contribution is -0.261. The minimum absolute atomic E-state index is 0.187. The molecule has 0 unspecified atom stereocenters. The summed E-state index contributed by atoms with van der Waals surface area (Å²) in [7, 11) is 0. The van der Waals surface area contributed by atoms with Crippen molar-refractivity contribution in [2.75, 3.05) is 6.61 Å². The Bertz CT molecular complexity index is 1590. The van der Waals surface area contributed by atoms with E-state index >= 15 is 0 Å². The highest BCUT2D eigenvalue weighted by Gasteiger charge is 2.51. The molecular formula is C38H37NO6S. The van der Waals surface area contributed by atoms with Crippen LogP contribution >= 0.6 is 11.3 Å². The highest BCUT2D eigenvalue weighted by molar-refractivity contribution is 7.11. The Kier molecular flexibility index (Phi) is 11.5. The van der Waals surface area contributed by atoms with Gasteiger partial charge in [-0.15, -0.1) is 11.3 Å². The lowest BCUT2D eigenvalue weighted by atomic mass is 9.92. The molecule has 2 heterocycles. The van der Waals surface area contributed by atoms with Gasteiger partial charge < -0.3 is 23.7 Å². The zero-order valence-corrected chi connectivity index (χ0v) is 26.2. The number of thiazole rings is 1. The van der Waals surface area contributed by atoms with Crippen molar-refractivity contribution in [2.24, 2.45) is 0 Å². The van der Waals surface area contributed by atoms with Crippen LogP contribution < -0.4 is 0 Å². The van der Waals surface area contributed by atoms with E-state index in [9.17, 15) is 4.79 Å².